The Balaban J connectivity index is 2.18. The van der Waals surface area contributed by atoms with Gasteiger partial charge < -0.3 is 34.7 Å². The number of hydrogen-bond donors (Lipinski definition) is 5. The number of aliphatic hydroxyl groups excluding tert-OH is 3. The first-order chi connectivity index (χ1) is 10.5. The number of carboxylic acids is 1. The minimum atomic E-state index is -1.41. The highest BCUT2D eigenvalue weighted by Crippen LogP contribution is 2.32. The molecule has 5 N–H and O–H groups in total. The number of aromatic amines is 1. The van der Waals surface area contributed by atoms with E-state index in [0.29, 0.717) is 0 Å². The van der Waals surface area contributed by atoms with Crippen LogP contribution in [-0.2, 0) is 4.74 Å². The molecular weight excluding hydrogens is 298 g/mol. The highest BCUT2D eigenvalue weighted by Gasteiger charge is 2.44. The number of H-pyrrole nitrogens is 1. The van der Waals surface area contributed by atoms with Crippen molar-refractivity contribution in [1.82, 2.24) is 14.5 Å². The molecule has 3 rings (SSSR count). The van der Waals surface area contributed by atoms with Crippen molar-refractivity contribution in [2.24, 2.45) is 0 Å². The molecule has 4 unspecified atom stereocenters. The maximum absolute atomic E-state index is 11.8. The van der Waals surface area contributed by atoms with Crippen LogP contribution in [0.5, 0.6) is 0 Å². The van der Waals surface area contributed by atoms with E-state index in [4.69, 9.17) is 9.84 Å². The highest BCUT2D eigenvalue weighted by molar-refractivity contribution is 6.02. The zero-order valence-electron chi connectivity index (χ0n) is 11.1. The number of hydrogen-bond acceptors (Lipinski definition) is 7. The van der Waals surface area contributed by atoms with Crippen LogP contribution in [0, 0.1) is 0 Å². The van der Waals surface area contributed by atoms with E-state index < -0.39 is 42.7 Å². The van der Waals surface area contributed by atoms with Crippen molar-refractivity contribution in [3.8, 4) is 0 Å². The van der Waals surface area contributed by atoms with Gasteiger partial charge in [-0.1, -0.05) is 0 Å². The van der Waals surface area contributed by atoms with Crippen LogP contribution < -0.4 is 5.56 Å². The number of nitrogens with one attached hydrogen (secondary N) is 1. The van der Waals surface area contributed by atoms with E-state index in [1.807, 2.05) is 0 Å². The first kappa shape index (κ1) is 14.7. The molecule has 1 fully saturated rings. The van der Waals surface area contributed by atoms with Gasteiger partial charge in [-0.2, -0.15) is 0 Å². The Labute approximate surface area is 122 Å². The molecule has 0 saturated carbocycles. The molecule has 0 aliphatic carbocycles. The molecule has 22 heavy (non-hydrogen) atoms. The van der Waals surface area contributed by atoms with Crippen molar-refractivity contribution in [3.63, 3.8) is 0 Å². The number of aromatic nitrogens is 3. The molecule has 3 heterocycles. The number of fused-ring (bicyclic) bond motifs is 1. The van der Waals surface area contributed by atoms with Gasteiger partial charge in [0.2, 0.25) is 0 Å². The molecule has 1 aliphatic rings. The monoisotopic (exact) mass is 311 g/mol. The molecule has 0 spiro atoms. The Hall–Kier alpha value is -2.27. The molecule has 118 valence electrons. The summed E-state index contributed by atoms with van der Waals surface area (Å²) in [5.74, 6) is -1.34. The van der Waals surface area contributed by atoms with E-state index in [1.165, 1.54) is 0 Å². The van der Waals surface area contributed by atoms with E-state index in [1.54, 1.807) is 0 Å². The summed E-state index contributed by atoms with van der Waals surface area (Å²) in [7, 11) is 0. The Morgan fingerprint density at radius 2 is 2.14 bits per heavy atom. The van der Waals surface area contributed by atoms with Gasteiger partial charge >= 0.3 is 5.97 Å². The molecule has 4 atom stereocenters. The second-order valence-corrected chi connectivity index (χ2v) is 4.91. The number of aliphatic hydroxyl groups is 3. The van der Waals surface area contributed by atoms with Crippen LogP contribution in [0.25, 0.3) is 11.0 Å². The Morgan fingerprint density at radius 1 is 1.41 bits per heavy atom. The fraction of sp³-hybridized carbons (Fsp3) is 0.417. The van der Waals surface area contributed by atoms with Crippen LogP contribution in [0.4, 0.5) is 0 Å². The van der Waals surface area contributed by atoms with Crippen molar-refractivity contribution in [2.45, 2.75) is 24.5 Å². The maximum Gasteiger partial charge on any atom is 0.338 e. The SMILES string of the molecule is O=C(O)c1cn(C2OC(CO)C(O)C2O)c2nc[nH]c(=O)c12. The lowest BCUT2D eigenvalue weighted by Crippen LogP contribution is -2.33. The molecule has 1 saturated heterocycles. The summed E-state index contributed by atoms with van der Waals surface area (Å²) in [5, 5.41) is 37.9. The van der Waals surface area contributed by atoms with Gasteiger partial charge in [0.05, 0.1) is 23.9 Å². The number of rotatable bonds is 3. The average molecular weight is 311 g/mol. The molecule has 0 amide bonds. The lowest BCUT2D eigenvalue weighted by Gasteiger charge is -2.17. The van der Waals surface area contributed by atoms with E-state index in [9.17, 15) is 24.9 Å². The van der Waals surface area contributed by atoms with Gasteiger partial charge in [-0.05, 0) is 0 Å². The third kappa shape index (κ3) is 2.01. The predicted octanol–water partition coefficient (Wildman–Crippen LogP) is -1.97. The lowest BCUT2D eigenvalue weighted by atomic mass is 10.1. The van der Waals surface area contributed by atoms with Gasteiger partial charge in [-0.25, -0.2) is 9.78 Å². The maximum atomic E-state index is 11.8. The molecule has 0 radical (unpaired) electrons. The van der Waals surface area contributed by atoms with E-state index in [0.717, 1.165) is 17.1 Å². The summed E-state index contributed by atoms with van der Waals surface area (Å²) >= 11 is 0. The molecule has 1 aliphatic heterocycles. The van der Waals surface area contributed by atoms with Gasteiger partial charge in [-0.15, -0.1) is 0 Å². The van der Waals surface area contributed by atoms with E-state index in [-0.39, 0.29) is 16.6 Å². The van der Waals surface area contributed by atoms with Gasteiger partial charge in [-0.3, -0.25) is 4.79 Å². The minimum Gasteiger partial charge on any atom is -0.478 e. The van der Waals surface area contributed by atoms with Gasteiger partial charge in [0.15, 0.2) is 6.23 Å². The molecular formula is C12H13N3O7. The number of nitrogens with zero attached hydrogens (tertiary/aromatic N) is 2. The molecule has 2 aromatic rings. The van der Waals surface area contributed by atoms with Crippen molar-refractivity contribution < 1.29 is 30.0 Å². The third-order valence-electron chi connectivity index (χ3n) is 3.64. The summed E-state index contributed by atoms with van der Waals surface area (Å²) in [6.45, 7) is -0.520. The largest absolute Gasteiger partial charge is 0.478 e. The fourth-order valence-corrected chi connectivity index (χ4v) is 2.56. The van der Waals surface area contributed by atoms with Crippen molar-refractivity contribution >= 4 is 17.0 Å². The number of carboxylic acid groups (broad SMARTS) is 1. The van der Waals surface area contributed by atoms with Crippen molar-refractivity contribution in [3.05, 3.63) is 28.4 Å². The molecule has 10 heteroatoms. The van der Waals surface area contributed by atoms with E-state index >= 15 is 0 Å². The topological polar surface area (TPSA) is 158 Å². The van der Waals surface area contributed by atoms with Gasteiger partial charge in [0.25, 0.3) is 5.56 Å². The second-order valence-electron chi connectivity index (χ2n) is 4.91. The third-order valence-corrected chi connectivity index (χ3v) is 3.64. The quantitative estimate of drug-likeness (QED) is 0.437. The van der Waals surface area contributed by atoms with Crippen LogP contribution in [0.3, 0.4) is 0 Å². The van der Waals surface area contributed by atoms with Gasteiger partial charge in [0.1, 0.15) is 24.0 Å². The summed E-state index contributed by atoms with van der Waals surface area (Å²) in [6.07, 6.45) is -2.74. The van der Waals surface area contributed by atoms with Crippen LogP contribution in [0.15, 0.2) is 17.3 Å². The van der Waals surface area contributed by atoms with Crippen molar-refractivity contribution in [2.75, 3.05) is 6.61 Å². The zero-order chi connectivity index (χ0) is 16.0. The minimum absolute atomic E-state index is 0.00371. The Bertz CT molecular complexity index is 783. The average Bonchev–Trinajstić information content (AvgIpc) is 3.00. The summed E-state index contributed by atoms with van der Waals surface area (Å²) in [4.78, 5) is 29.3. The first-order valence-electron chi connectivity index (χ1n) is 6.39. The molecule has 10 nitrogen and oxygen atoms in total. The summed E-state index contributed by atoms with van der Waals surface area (Å²) < 4.78 is 6.49. The summed E-state index contributed by atoms with van der Waals surface area (Å²) in [6, 6.07) is 0. The fourth-order valence-electron chi connectivity index (χ4n) is 2.56. The number of carbonyl (C=O) groups is 1. The van der Waals surface area contributed by atoms with Crippen LogP contribution in [0.1, 0.15) is 16.6 Å². The standard InChI is InChI=1S/C12H13N3O7/c16-2-5-7(17)8(18)11(22-5)15-1-4(12(20)21)6-9(15)13-3-14-10(6)19/h1,3,5,7-8,11,16-18H,2H2,(H,20,21)(H,13,14,19). The zero-order valence-corrected chi connectivity index (χ0v) is 11.1. The molecule has 0 aromatic carbocycles. The normalized spacial score (nSPS) is 28.3. The van der Waals surface area contributed by atoms with E-state index in [2.05, 4.69) is 9.97 Å². The van der Waals surface area contributed by atoms with Gasteiger partial charge in [0, 0.05) is 6.20 Å². The second kappa shape index (κ2) is 5.18. The van der Waals surface area contributed by atoms with Crippen molar-refractivity contribution in [1.29, 1.82) is 0 Å². The Morgan fingerprint density at radius 3 is 2.73 bits per heavy atom. The highest BCUT2D eigenvalue weighted by atomic mass is 16.6. The predicted molar refractivity (Wildman–Crippen MR) is 70.3 cm³/mol. The smallest absolute Gasteiger partial charge is 0.338 e. The first-order valence-corrected chi connectivity index (χ1v) is 6.39. The summed E-state index contributed by atoms with van der Waals surface area (Å²) in [5.41, 5.74) is -0.953. The van der Waals surface area contributed by atoms with Crippen LogP contribution in [0.2, 0.25) is 0 Å². The van der Waals surface area contributed by atoms with Crippen LogP contribution >= 0.6 is 0 Å². The van der Waals surface area contributed by atoms with Crippen LogP contribution in [-0.4, -0.2) is 65.8 Å². The number of aromatic carboxylic acids is 1. The molecule has 2 aromatic heterocycles. The lowest BCUT2D eigenvalue weighted by molar-refractivity contribution is -0.0509. The number of ether oxygens (including phenoxy) is 1. The molecule has 0 bridgehead atoms. The Kier molecular flexibility index (Phi) is 3.45.